The van der Waals surface area contributed by atoms with E-state index in [1.807, 2.05) is 4.98 Å². The molecule has 12 atom stereocenters. The average Bonchev–Trinajstić information content (AvgIpc) is 4.11. The summed E-state index contributed by atoms with van der Waals surface area (Å²) in [6.45, 7) is -3.85. The van der Waals surface area contributed by atoms with E-state index >= 15 is 8.78 Å². The number of carbonyl (C=O) groups excluding carboxylic acids is 6. The summed E-state index contributed by atoms with van der Waals surface area (Å²) in [5.74, 6) is -3.71. The van der Waals surface area contributed by atoms with Gasteiger partial charge in [0.2, 0.25) is 17.7 Å². The molecule has 3 aromatic rings. The first kappa shape index (κ1) is 61.6. The third-order valence-corrected chi connectivity index (χ3v) is 16.9. The topological polar surface area (TPSA) is 417 Å². The monoisotopic (exact) mass is 1300 g/mol. The number of unbranched alkanes of at least 4 members (excludes halogenated alkanes) is 1. The molecule has 0 spiro atoms. The maximum Gasteiger partial charge on any atom is 0.389 e. The van der Waals surface area contributed by atoms with E-state index in [4.69, 9.17) is 39.0 Å². The molecule has 4 saturated heterocycles. The Bertz CT molecular complexity index is 2860. The third-order valence-electron chi connectivity index (χ3n) is 12.2. The summed E-state index contributed by atoms with van der Waals surface area (Å²) < 4.78 is 96.4. The van der Waals surface area contributed by atoms with Crippen LogP contribution >= 0.6 is 26.0 Å². The zero-order valence-electron chi connectivity index (χ0n) is 40.8. The number of hydrogen-bond acceptors (Lipinski definition) is 22. The Balaban J connectivity index is 0.00000961. The zero-order valence-corrected chi connectivity index (χ0v) is 45.2. The number of aromatic nitrogens is 6. The number of phosphoric ester groups is 1. The average molecular weight is 1300 g/mol. The molecular formula is C41H55F2N13O17P2STm-2. The number of hydrogen-bond donors (Lipinski definition) is 7. The maximum absolute atomic E-state index is 16.6. The summed E-state index contributed by atoms with van der Waals surface area (Å²) in [4.78, 5) is 128. The van der Waals surface area contributed by atoms with Gasteiger partial charge in [0.15, 0.2) is 42.2 Å². The van der Waals surface area contributed by atoms with Crippen molar-refractivity contribution in [3.8, 4) is 0 Å². The molecule has 9 N–H and O–H groups in total. The number of nitrogens with zero attached hydrogens (tertiary/aromatic N) is 6. The number of urea groups is 1. The molecule has 4 fully saturated rings. The Morgan fingerprint density at radius 3 is 2.27 bits per heavy atom. The molecule has 7 amide bonds. The van der Waals surface area contributed by atoms with Crippen LogP contribution in [0.5, 0.6) is 0 Å². The quantitative estimate of drug-likeness (QED) is 0.0305. The summed E-state index contributed by atoms with van der Waals surface area (Å²) in [5, 5.41) is 10.2. The number of carbonyl (C=O) groups is 6. The molecule has 4 aliphatic rings. The van der Waals surface area contributed by atoms with Crippen molar-refractivity contribution in [2.45, 2.75) is 114 Å². The summed E-state index contributed by atoms with van der Waals surface area (Å²) in [7, 11) is -5.58. The normalized spacial score (nSPS) is 28.3. The number of nitrogens with two attached hydrogens (primary N) is 2. The van der Waals surface area contributed by atoms with Crippen molar-refractivity contribution in [1.29, 1.82) is 0 Å². The molecular weight excluding hydrogens is 1250 g/mol. The maximum atomic E-state index is 16.6. The van der Waals surface area contributed by atoms with Gasteiger partial charge in [0.1, 0.15) is 48.3 Å². The van der Waals surface area contributed by atoms with E-state index in [9.17, 15) is 52.4 Å². The second-order valence-corrected chi connectivity index (χ2v) is 23.4. The zero-order chi connectivity index (χ0) is 55.1. The van der Waals surface area contributed by atoms with Crippen molar-refractivity contribution in [3.63, 3.8) is 0 Å². The standard InChI is InChI=1S/C41H56F2N13O17P2S.Tm/c1-20(2)30(52-24(57)7-3-4-13-54-26(59)8-9-27(54)60)37(62)51-21(6-5-11-47-40(45)63)36(61)46-12-15-76-75(67)69-17-23-32(28(42)39(71-23)56-19-50-31-34(44)48-18-49-35(31)56)72-74(65,66)68-16-22-33(73-75)29(43)38(70-22)55-14-10-25(58)53-41(55)64;/h8,10,14,18-23,28-30,32-33,38-39H,3-7,9,11-13,15-17H2,1-2H3,(H,46,61)(H,51,62)(H,52,57)(H,65,66)(H2,44,48,49)(H3,45,47,63)(H,53,58,64);/q-1;/p-1/t21?,22-,23-,28-,29-,30?,32-,33-,38-,39-,75?;/m1./s1. The number of fused-ring (bicyclic) bond motifs is 3. The number of halogens is 2. The van der Waals surface area contributed by atoms with Crippen LogP contribution in [0.2, 0.25) is 0 Å². The predicted octanol–water partition coefficient (Wildman–Crippen LogP) is -1.12. The molecule has 431 valence electrons. The summed E-state index contributed by atoms with van der Waals surface area (Å²) in [6, 6.07) is -2.42. The first-order valence-electron chi connectivity index (χ1n) is 23.7. The molecule has 77 heavy (non-hydrogen) atoms. The van der Waals surface area contributed by atoms with Crippen LogP contribution in [0.1, 0.15) is 64.8 Å². The van der Waals surface area contributed by atoms with E-state index in [-0.39, 0.29) is 117 Å². The number of alkyl halides is 2. The number of likely N-dealkylation sites (tertiary alicyclic amines) is 1. The molecule has 4 unspecified atom stereocenters. The van der Waals surface area contributed by atoms with Crippen LogP contribution in [0.3, 0.4) is 0 Å². The van der Waals surface area contributed by atoms with Gasteiger partial charge >= 0.3 is 18.5 Å². The van der Waals surface area contributed by atoms with Gasteiger partial charge in [0.25, 0.3) is 13.4 Å². The fraction of sp³-hybridized carbons (Fsp3) is 0.610. The van der Waals surface area contributed by atoms with Crippen molar-refractivity contribution in [2.75, 3.05) is 44.3 Å². The Morgan fingerprint density at radius 1 is 0.922 bits per heavy atom. The van der Waals surface area contributed by atoms with Gasteiger partial charge < -0.3 is 65.8 Å². The van der Waals surface area contributed by atoms with Gasteiger partial charge in [-0.2, -0.15) is 0 Å². The number of primary amides is 1. The molecule has 0 saturated carbocycles. The van der Waals surface area contributed by atoms with E-state index < -0.39 is 136 Å². The van der Waals surface area contributed by atoms with Gasteiger partial charge in [-0.15, -0.1) is 0 Å². The number of anilines is 1. The second-order valence-electron chi connectivity index (χ2n) is 17.9. The SMILES string of the molecule is CC(C)C(NC(=O)CCCCN1C(=O)[CH-]CC1=O)C(=O)NC(CCCNC(N)=O)C(=O)NCCSP1(=O)OC[C@H]2O[C@@H](n3cnc4c(N)ncnc43)[C@H](F)[C@@H]2OP(=O)([O-])OC[C@H]2O[C@@H](n3ccc(=O)[nH]c3=O)[C@H](F)[C@@H]2O1.[Tm]. The van der Waals surface area contributed by atoms with E-state index in [2.05, 4.69) is 36.2 Å². The third kappa shape index (κ3) is 15.6. The minimum Gasteiger partial charge on any atom is -0.756 e. The van der Waals surface area contributed by atoms with Crippen molar-refractivity contribution < 1.29 is 116 Å². The van der Waals surface area contributed by atoms with Gasteiger partial charge in [-0.3, -0.25) is 58.1 Å². The largest absolute Gasteiger partial charge is 0.756 e. The first-order chi connectivity index (χ1) is 36.0. The number of H-pyrrole nitrogens is 1. The molecule has 0 bridgehead atoms. The molecule has 30 nitrogen and oxygen atoms in total. The number of aromatic amines is 1. The van der Waals surface area contributed by atoms with Crippen LogP contribution in [0, 0.1) is 49.2 Å². The fourth-order valence-corrected chi connectivity index (χ4v) is 12.7. The molecule has 7 rings (SSSR count). The van der Waals surface area contributed by atoms with Crippen molar-refractivity contribution in [2.24, 2.45) is 11.7 Å². The number of rotatable bonds is 20. The summed E-state index contributed by atoms with van der Waals surface area (Å²) >= 11 is 0.394. The van der Waals surface area contributed by atoms with Crippen molar-refractivity contribution in [3.05, 3.63) is 52.2 Å². The van der Waals surface area contributed by atoms with Crippen LogP contribution in [0.15, 0.2) is 34.5 Å². The van der Waals surface area contributed by atoms with Crippen LogP contribution in [0.25, 0.3) is 11.2 Å². The van der Waals surface area contributed by atoms with Crippen molar-refractivity contribution in [1.82, 2.24) is 55.2 Å². The fourth-order valence-electron chi connectivity index (χ4n) is 8.39. The van der Waals surface area contributed by atoms with E-state index in [0.29, 0.717) is 22.4 Å². The number of nitrogens with one attached hydrogen (secondary N) is 5. The Labute approximate surface area is 468 Å². The van der Waals surface area contributed by atoms with Gasteiger partial charge in [0.05, 0.1) is 25.4 Å². The number of phosphoric acid groups is 1. The first-order valence-corrected chi connectivity index (χ1v) is 28.3. The number of imide groups is 1. The van der Waals surface area contributed by atoms with Crippen LogP contribution in [-0.2, 0) is 60.7 Å². The summed E-state index contributed by atoms with van der Waals surface area (Å²) in [6.07, 6.45) is -11.2. The van der Waals surface area contributed by atoms with Crippen LogP contribution in [-0.4, -0.2) is 157 Å². The molecule has 36 heteroatoms. The predicted molar refractivity (Wildman–Crippen MR) is 256 cm³/mol. The molecule has 7 heterocycles. The number of nitrogen functional groups attached to an aromatic ring is 1. The van der Waals surface area contributed by atoms with Crippen LogP contribution in [0.4, 0.5) is 19.4 Å². The molecule has 4 aliphatic heterocycles. The Kier molecular flexibility index (Phi) is 21.6. The van der Waals surface area contributed by atoms with E-state index in [0.717, 1.165) is 34.4 Å². The van der Waals surface area contributed by atoms with Gasteiger partial charge in [0, 0.05) is 80.9 Å². The molecule has 0 aromatic carbocycles. The van der Waals surface area contributed by atoms with Crippen LogP contribution < -0.4 is 48.9 Å². The van der Waals surface area contributed by atoms with Gasteiger partial charge in [-0.05, 0) is 43.0 Å². The molecule has 0 aliphatic carbocycles. The summed E-state index contributed by atoms with van der Waals surface area (Å²) in [5.41, 5.74) is 9.12. The van der Waals surface area contributed by atoms with Crippen molar-refractivity contribution >= 4 is 78.6 Å². The molecule has 1 radical (unpaired) electrons. The van der Waals surface area contributed by atoms with E-state index in [1.165, 1.54) is 6.42 Å². The minimum atomic E-state index is -5.58. The minimum absolute atomic E-state index is 0. The Hall–Kier alpha value is -4.66. The number of ether oxygens (including phenoxy) is 2. The smallest absolute Gasteiger partial charge is 0.389 e. The number of amides is 7. The van der Waals surface area contributed by atoms with E-state index in [1.54, 1.807) is 13.8 Å². The second kappa shape index (κ2) is 27.0. The van der Waals surface area contributed by atoms with Gasteiger partial charge in [-0.1, -0.05) is 20.3 Å². The van der Waals surface area contributed by atoms with Gasteiger partial charge in [-0.25, -0.2) is 37.9 Å². The Morgan fingerprint density at radius 2 is 1.61 bits per heavy atom. The number of imidazole rings is 1. The molecule has 3 aromatic heterocycles.